The largest absolute Gasteiger partial charge is 0.495 e. The summed E-state index contributed by atoms with van der Waals surface area (Å²) < 4.78 is 18.6. The quantitative estimate of drug-likeness (QED) is 0.858. The summed E-state index contributed by atoms with van der Waals surface area (Å²) in [7, 11) is 1.50. The van der Waals surface area contributed by atoms with E-state index in [0.717, 1.165) is 0 Å². The highest BCUT2D eigenvalue weighted by Crippen LogP contribution is 2.22. The number of carbonyl (C=O) groups is 2. The number of halogens is 1. The fraction of sp³-hybridized carbons (Fsp3) is 0.176. The van der Waals surface area contributed by atoms with Crippen LogP contribution >= 0.6 is 0 Å². The number of methoxy groups -OCH3 is 1. The second-order valence-corrected chi connectivity index (χ2v) is 4.79. The molecule has 0 bridgehead atoms. The average Bonchev–Trinajstić information content (AvgIpc) is 2.55. The van der Waals surface area contributed by atoms with Crippen molar-refractivity contribution < 1.29 is 18.7 Å². The molecule has 0 aromatic heterocycles. The fourth-order valence-electron chi connectivity index (χ4n) is 2.00. The summed E-state index contributed by atoms with van der Waals surface area (Å²) in [6.07, 6.45) is -0.116. The molecule has 0 saturated carbocycles. The molecule has 2 aromatic rings. The van der Waals surface area contributed by atoms with Gasteiger partial charge >= 0.3 is 0 Å². The van der Waals surface area contributed by atoms with Crippen LogP contribution in [0.5, 0.6) is 5.75 Å². The molecule has 2 N–H and O–H groups in total. The number of para-hydroxylation sites is 2. The van der Waals surface area contributed by atoms with Crippen molar-refractivity contribution in [1.29, 1.82) is 0 Å². The first-order valence-electron chi connectivity index (χ1n) is 7.03. The van der Waals surface area contributed by atoms with E-state index in [-0.39, 0.29) is 18.5 Å². The van der Waals surface area contributed by atoms with Gasteiger partial charge < -0.3 is 15.4 Å². The van der Waals surface area contributed by atoms with E-state index >= 15 is 0 Å². The molecule has 2 aromatic carbocycles. The van der Waals surface area contributed by atoms with Crippen LogP contribution in [-0.4, -0.2) is 25.5 Å². The molecular weight excluding hydrogens is 299 g/mol. The number of anilines is 1. The third-order valence-electron chi connectivity index (χ3n) is 3.14. The van der Waals surface area contributed by atoms with Crippen molar-refractivity contribution in [2.75, 3.05) is 19.0 Å². The van der Waals surface area contributed by atoms with Crippen molar-refractivity contribution in [3.05, 3.63) is 59.9 Å². The van der Waals surface area contributed by atoms with Gasteiger partial charge in [0.05, 0.1) is 25.8 Å². The monoisotopic (exact) mass is 316 g/mol. The molecule has 0 aliphatic rings. The maximum atomic E-state index is 13.4. The van der Waals surface area contributed by atoms with E-state index in [2.05, 4.69) is 10.6 Å². The summed E-state index contributed by atoms with van der Waals surface area (Å²) in [5, 5.41) is 5.10. The highest BCUT2D eigenvalue weighted by atomic mass is 19.1. The smallest absolute Gasteiger partial charge is 0.243 e. The number of ether oxygens (including phenoxy) is 1. The number of nitrogens with one attached hydrogen (secondary N) is 2. The lowest BCUT2D eigenvalue weighted by atomic mass is 10.1. The molecule has 6 heteroatoms. The summed E-state index contributed by atoms with van der Waals surface area (Å²) in [6.45, 7) is -0.203. The van der Waals surface area contributed by atoms with Crippen molar-refractivity contribution in [2.24, 2.45) is 0 Å². The van der Waals surface area contributed by atoms with Crippen LogP contribution in [0.25, 0.3) is 0 Å². The Bertz CT molecular complexity index is 704. The molecule has 0 radical (unpaired) electrons. The number of benzene rings is 2. The van der Waals surface area contributed by atoms with E-state index in [4.69, 9.17) is 4.74 Å². The Balaban J connectivity index is 1.84. The minimum Gasteiger partial charge on any atom is -0.495 e. The minimum absolute atomic E-state index is 0.116. The molecule has 0 fully saturated rings. The Hall–Kier alpha value is -2.89. The average molecular weight is 316 g/mol. The first-order chi connectivity index (χ1) is 11.1. The van der Waals surface area contributed by atoms with Crippen LogP contribution < -0.4 is 15.4 Å². The molecule has 0 saturated heterocycles. The van der Waals surface area contributed by atoms with Crippen LogP contribution in [0.1, 0.15) is 5.56 Å². The van der Waals surface area contributed by atoms with Crippen LogP contribution in [0.4, 0.5) is 10.1 Å². The molecule has 0 heterocycles. The van der Waals surface area contributed by atoms with Gasteiger partial charge in [0.2, 0.25) is 11.8 Å². The van der Waals surface area contributed by atoms with Gasteiger partial charge in [-0.1, -0.05) is 30.3 Å². The fourth-order valence-corrected chi connectivity index (χ4v) is 2.00. The third-order valence-corrected chi connectivity index (χ3v) is 3.14. The summed E-state index contributed by atoms with van der Waals surface area (Å²) in [5.74, 6) is -0.735. The number of hydrogen-bond acceptors (Lipinski definition) is 3. The Morgan fingerprint density at radius 1 is 1.04 bits per heavy atom. The van der Waals surface area contributed by atoms with Gasteiger partial charge in [-0.3, -0.25) is 9.59 Å². The van der Waals surface area contributed by atoms with Crippen LogP contribution in [0.15, 0.2) is 48.5 Å². The molecule has 23 heavy (non-hydrogen) atoms. The van der Waals surface area contributed by atoms with E-state index in [0.29, 0.717) is 11.4 Å². The van der Waals surface area contributed by atoms with Gasteiger partial charge in [-0.05, 0) is 23.8 Å². The van der Waals surface area contributed by atoms with Gasteiger partial charge in [0.1, 0.15) is 11.6 Å². The maximum Gasteiger partial charge on any atom is 0.243 e. The Morgan fingerprint density at radius 2 is 1.74 bits per heavy atom. The molecule has 0 atom stereocenters. The number of rotatable bonds is 6. The molecule has 2 rings (SSSR count). The standard InChI is InChI=1S/C17H17FN2O3/c1-23-15-9-5-4-8-14(15)20-17(22)11-19-16(21)10-12-6-2-3-7-13(12)18/h2-9H,10-11H2,1H3,(H,19,21)(H,20,22). The second-order valence-electron chi connectivity index (χ2n) is 4.79. The van der Waals surface area contributed by atoms with Crippen molar-refractivity contribution in [2.45, 2.75) is 6.42 Å². The van der Waals surface area contributed by atoms with Crippen molar-refractivity contribution >= 4 is 17.5 Å². The molecule has 0 aliphatic heterocycles. The van der Waals surface area contributed by atoms with Gasteiger partial charge in [-0.15, -0.1) is 0 Å². The van der Waals surface area contributed by atoms with Gasteiger partial charge in [-0.25, -0.2) is 4.39 Å². The Kier molecular flexibility index (Phi) is 5.68. The van der Waals surface area contributed by atoms with Crippen LogP contribution in [0, 0.1) is 5.82 Å². The Morgan fingerprint density at radius 3 is 2.48 bits per heavy atom. The lowest BCUT2D eigenvalue weighted by molar-refractivity contribution is -0.123. The van der Waals surface area contributed by atoms with E-state index in [1.165, 1.54) is 19.2 Å². The molecule has 2 amide bonds. The second kappa shape index (κ2) is 7.93. The first-order valence-corrected chi connectivity index (χ1v) is 7.03. The number of amides is 2. The molecule has 0 spiro atoms. The van der Waals surface area contributed by atoms with E-state index < -0.39 is 17.6 Å². The third kappa shape index (κ3) is 4.81. The number of carbonyl (C=O) groups excluding carboxylic acids is 2. The minimum atomic E-state index is -0.443. The molecule has 120 valence electrons. The SMILES string of the molecule is COc1ccccc1NC(=O)CNC(=O)Cc1ccccc1F. The highest BCUT2D eigenvalue weighted by molar-refractivity contribution is 5.95. The summed E-state index contributed by atoms with van der Waals surface area (Å²) >= 11 is 0. The predicted octanol–water partition coefficient (Wildman–Crippen LogP) is 2.13. The molecule has 5 nitrogen and oxygen atoms in total. The van der Waals surface area contributed by atoms with Gasteiger partial charge in [0, 0.05) is 0 Å². The van der Waals surface area contributed by atoms with Gasteiger partial charge in [0.15, 0.2) is 0 Å². The van der Waals surface area contributed by atoms with Crippen LogP contribution in [-0.2, 0) is 16.0 Å². The zero-order chi connectivity index (χ0) is 16.7. The maximum absolute atomic E-state index is 13.4. The normalized spacial score (nSPS) is 10.0. The lowest BCUT2D eigenvalue weighted by Gasteiger charge is -2.10. The number of hydrogen-bond donors (Lipinski definition) is 2. The summed E-state index contributed by atoms with van der Waals surface area (Å²) in [6, 6.07) is 13.0. The van der Waals surface area contributed by atoms with Crippen LogP contribution in [0.3, 0.4) is 0 Å². The van der Waals surface area contributed by atoms with E-state index in [9.17, 15) is 14.0 Å². The van der Waals surface area contributed by atoms with Crippen molar-refractivity contribution in [3.63, 3.8) is 0 Å². The van der Waals surface area contributed by atoms with Gasteiger partial charge in [-0.2, -0.15) is 0 Å². The highest BCUT2D eigenvalue weighted by Gasteiger charge is 2.10. The predicted molar refractivity (Wildman–Crippen MR) is 84.7 cm³/mol. The summed E-state index contributed by atoms with van der Waals surface area (Å²) in [5.41, 5.74) is 0.804. The topological polar surface area (TPSA) is 67.4 Å². The molecule has 0 unspecified atom stereocenters. The van der Waals surface area contributed by atoms with Crippen molar-refractivity contribution in [1.82, 2.24) is 5.32 Å². The van der Waals surface area contributed by atoms with E-state index in [1.807, 2.05) is 0 Å². The van der Waals surface area contributed by atoms with Gasteiger partial charge in [0.25, 0.3) is 0 Å². The van der Waals surface area contributed by atoms with Crippen LogP contribution in [0.2, 0.25) is 0 Å². The molecule has 0 aliphatic carbocycles. The summed E-state index contributed by atoms with van der Waals surface area (Å²) in [4.78, 5) is 23.6. The Labute approximate surface area is 133 Å². The zero-order valence-electron chi connectivity index (χ0n) is 12.6. The van der Waals surface area contributed by atoms with E-state index in [1.54, 1.807) is 36.4 Å². The molecular formula is C17H17FN2O3. The van der Waals surface area contributed by atoms with Crippen molar-refractivity contribution in [3.8, 4) is 5.75 Å². The lowest BCUT2D eigenvalue weighted by Crippen LogP contribution is -2.34. The first kappa shape index (κ1) is 16.5. The zero-order valence-corrected chi connectivity index (χ0v) is 12.6.